The van der Waals surface area contributed by atoms with Gasteiger partial charge in [-0.3, -0.25) is 9.98 Å². The monoisotopic (exact) mass is 306 g/mol. The molecule has 1 aromatic heterocycles. The smallest absolute Gasteiger partial charge is 0.190 e. The Balaban J connectivity index is 2.25. The Morgan fingerprint density at radius 2 is 2.05 bits per heavy atom. The van der Waals surface area contributed by atoms with Crippen LogP contribution in [-0.2, 0) is 11.2 Å². The number of aliphatic imine (C=N–C) groups is 1. The van der Waals surface area contributed by atoms with Crippen molar-refractivity contribution >= 4 is 5.96 Å². The Kier molecular flexibility index (Phi) is 9.23. The third kappa shape index (κ3) is 7.41. The van der Waals surface area contributed by atoms with E-state index in [0.717, 1.165) is 44.2 Å². The highest BCUT2D eigenvalue weighted by Crippen LogP contribution is 2.09. The average molecular weight is 306 g/mol. The second-order valence-electron chi connectivity index (χ2n) is 5.52. The van der Waals surface area contributed by atoms with Crippen LogP contribution in [0.3, 0.4) is 0 Å². The summed E-state index contributed by atoms with van der Waals surface area (Å²) in [7, 11) is 1.79. The van der Waals surface area contributed by atoms with Crippen molar-refractivity contribution < 1.29 is 4.74 Å². The summed E-state index contributed by atoms with van der Waals surface area (Å²) in [6.07, 6.45) is 3.98. The lowest BCUT2D eigenvalue weighted by molar-refractivity contribution is 0.0258. The van der Waals surface area contributed by atoms with Crippen molar-refractivity contribution in [2.75, 3.05) is 26.7 Å². The van der Waals surface area contributed by atoms with Crippen molar-refractivity contribution in [2.45, 2.75) is 39.7 Å². The quantitative estimate of drug-likeness (QED) is 0.543. The van der Waals surface area contributed by atoms with E-state index in [1.807, 2.05) is 31.3 Å². The Hall–Kier alpha value is -1.62. The SMILES string of the molecule is CCOC(CCNC(=NC)NCCc1ccccn1)C(C)C. The van der Waals surface area contributed by atoms with E-state index < -0.39 is 0 Å². The van der Waals surface area contributed by atoms with E-state index in [9.17, 15) is 0 Å². The molecule has 22 heavy (non-hydrogen) atoms. The Morgan fingerprint density at radius 1 is 1.27 bits per heavy atom. The molecule has 1 heterocycles. The first-order chi connectivity index (χ1) is 10.7. The van der Waals surface area contributed by atoms with E-state index in [-0.39, 0.29) is 0 Å². The number of aromatic nitrogens is 1. The van der Waals surface area contributed by atoms with E-state index in [2.05, 4.69) is 34.5 Å². The summed E-state index contributed by atoms with van der Waals surface area (Å²) < 4.78 is 5.75. The highest BCUT2D eigenvalue weighted by atomic mass is 16.5. The zero-order valence-electron chi connectivity index (χ0n) is 14.3. The summed E-state index contributed by atoms with van der Waals surface area (Å²) in [5, 5.41) is 6.65. The van der Waals surface area contributed by atoms with Crippen LogP contribution >= 0.6 is 0 Å². The van der Waals surface area contributed by atoms with E-state index in [4.69, 9.17) is 4.74 Å². The molecule has 5 nitrogen and oxygen atoms in total. The molecule has 0 spiro atoms. The van der Waals surface area contributed by atoms with Gasteiger partial charge in [0.25, 0.3) is 0 Å². The number of hydrogen-bond donors (Lipinski definition) is 2. The van der Waals surface area contributed by atoms with Gasteiger partial charge in [0, 0.05) is 45.1 Å². The standard InChI is InChI=1S/C17H30N4O/c1-5-22-16(14(2)3)10-13-21-17(18-4)20-12-9-15-8-6-7-11-19-15/h6-8,11,14,16H,5,9-10,12-13H2,1-4H3,(H2,18,20,21). The van der Waals surface area contributed by atoms with Gasteiger partial charge >= 0.3 is 0 Å². The molecule has 1 atom stereocenters. The maximum absolute atomic E-state index is 5.75. The predicted molar refractivity (Wildman–Crippen MR) is 92.2 cm³/mol. The first-order valence-electron chi connectivity index (χ1n) is 8.13. The zero-order chi connectivity index (χ0) is 16.2. The van der Waals surface area contributed by atoms with E-state index in [0.29, 0.717) is 12.0 Å². The van der Waals surface area contributed by atoms with Crippen LogP contribution in [-0.4, -0.2) is 43.8 Å². The lowest BCUT2D eigenvalue weighted by Crippen LogP contribution is -2.40. The van der Waals surface area contributed by atoms with Gasteiger partial charge < -0.3 is 15.4 Å². The largest absolute Gasteiger partial charge is 0.378 e. The van der Waals surface area contributed by atoms with Gasteiger partial charge in [-0.2, -0.15) is 0 Å². The van der Waals surface area contributed by atoms with Gasteiger partial charge in [0.1, 0.15) is 0 Å². The number of nitrogens with zero attached hydrogens (tertiary/aromatic N) is 2. The fourth-order valence-corrected chi connectivity index (χ4v) is 2.23. The Bertz CT molecular complexity index is 420. The average Bonchev–Trinajstić information content (AvgIpc) is 2.53. The third-order valence-corrected chi connectivity index (χ3v) is 3.47. The van der Waals surface area contributed by atoms with Crippen LogP contribution < -0.4 is 10.6 Å². The molecule has 124 valence electrons. The second kappa shape index (κ2) is 11.0. The zero-order valence-corrected chi connectivity index (χ0v) is 14.3. The van der Waals surface area contributed by atoms with Gasteiger partial charge in [-0.25, -0.2) is 0 Å². The third-order valence-electron chi connectivity index (χ3n) is 3.47. The number of nitrogens with one attached hydrogen (secondary N) is 2. The van der Waals surface area contributed by atoms with Crippen LogP contribution in [0.4, 0.5) is 0 Å². The highest BCUT2D eigenvalue weighted by molar-refractivity contribution is 5.79. The summed E-state index contributed by atoms with van der Waals surface area (Å²) in [6, 6.07) is 5.98. The molecule has 0 aliphatic carbocycles. The summed E-state index contributed by atoms with van der Waals surface area (Å²) >= 11 is 0. The van der Waals surface area contributed by atoms with E-state index >= 15 is 0 Å². The van der Waals surface area contributed by atoms with Gasteiger partial charge in [-0.1, -0.05) is 19.9 Å². The van der Waals surface area contributed by atoms with Crippen LogP contribution in [0.1, 0.15) is 32.9 Å². The van der Waals surface area contributed by atoms with E-state index in [1.165, 1.54) is 0 Å². The van der Waals surface area contributed by atoms with Crippen molar-refractivity contribution in [3.63, 3.8) is 0 Å². The Labute approximate surface area is 134 Å². The van der Waals surface area contributed by atoms with Crippen LogP contribution in [0.2, 0.25) is 0 Å². The fraction of sp³-hybridized carbons (Fsp3) is 0.647. The minimum absolute atomic E-state index is 0.295. The van der Waals surface area contributed by atoms with Crippen LogP contribution in [0.5, 0.6) is 0 Å². The van der Waals surface area contributed by atoms with Crippen molar-refractivity contribution in [3.05, 3.63) is 30.1 Å². The maximum atomic E-state index is 5.75. The first kappa shape index (κ1) is 18.4. The minimum atomic E-state index is 0.295. The van der Waals surface area contributed by atoms with Crippen LogP contribution in [0.25, 0.3) is 0 Å². The summed E-state index contributed by atoms with van der Waals surface area (Å²) in [5.41, 5.74) is 1.08. The Morgan fingerprint density at radius 3 is 2.64 bits per heavy atom. The number of ether oxygens (including phenoxy) is 1. The molecule has 0 radical (unpaired) electrons. The molecule has 1 rings (SSSR count). The number of guanidine groups is 1. The predicted octanol–water partition coefficient (Wildman–Crippen LogP) is 2.24. The molecule has 0 aliphatic rings. The molecule has 0 aromatic carbocycles. The van der Waals surface area contributed by atoms with Gasteiger partial charge in [-0.15, -0.1) is 0 Å². The lowest BCUT2D eigenvalue weighted by atomic mass is 10.0. The molecule has 0 saturated carbocycles. The molecule has 0 amide bonds. The second-order valence-corrected chi connectivity index (χ2v) is 5.52. The molecule has 2 N–H and O–H groups in total. The molecular formula is C17H30N4O. The van der Waals surface area contributed by atoms with Crippen LogP contribution in [0, 0.1) is 5.92 Å². The maximum Gasteiger partial charge on any atom is 0.190 e. The first-order valence-corrected chi connectivity index (χ1v) is 8.13. The van der Waals surface area contributed by atoms with Crippen molar-refractivity contribution in [1.29, 1.82) is 0 Å². The number of hydrogen-bond acceptors (Lipinski definition) is 3. The molecule has 0 fully saturated rings. The summed E-state index contributed by atoms with van der Waals surface area (Å²) in [4.78, 5) is 8.55. The number of rotatable bonds is 9. The van der Waals surface area contributed by atoms with Gasteiger partial charge in [0.15, 0.2) is 5.96 Å². The molecular weight excluding hydrogens is 276 g/mol. The van der Waals surface area contributed by atoms with Crippen molar-refractivity contribution in [3.8, 4) is 0 Å². The summed E-state index contributed by atoms with van der Waals surface area (Å²) in [6.45, 7) is 8.86. The molecule has 0 aliphatic heterocycles. The van der Waals surface area contributed by atoms with Crippen molar-refractivity contribution in [2.24, 2.45) is 10.9 Å². The van der Waals surface area contributed by atoms with Gasteiger partial charge in [0.2, 0.25) is 0 Å². The molecule has 5 heteroatoms. The van der Waals surface area contributed by atoms with Gasteiger partial charge in [0.05, 0.1) is 6.10 Å². The number of pyridine rings is 1. The molecule has 1 unspecified atom stereocenters. The highest BCUT2D eigenvalue weighted by Gasteiger charge is 2.12. The lowest BCUT2D eigenvalue weighted by Gasteiger charge is -2.21. The fourth-order valence-electron chi connectivity index (χ4n) is 2.23. The molecule has 0 saturated heterocycles. The summed E-state index contributed by atoms with van der Waals surface area (Å²) in [5.74, 6) is 1.36. The molecule has 1 aromatic rings. The van der Waals surface area contributed by atoms with Crippen molar-refractivity contribution in [1.82, 2.24) is 15.6 Å². The molecule has 0 bridgehead atoms. The van der Waals surface area contributed by atoms with E-state index in [1.54, 1.807) is 7.05 Å². The normalized spacial score (nSPS) is 13.2. The van der Waals surface area contributed by atoms with Gasteiger partial charge in [-0.05, 0) is 31.4 Å². The topological polar surface area (TPSA) is 58.5 Å². The minimum Gasteiger partial charge on any atom is -0.378 e. The van der Waals surface area contributed by atoms with Crippen LogP contribution in [0.15, 0.2) is 29.4 Å².